The third kappa shape index (κ3) is 4.93. The molecule has 29 heavy (non-hydrogen) atoms. The van der Waals surface area contributed by atoms with Crippen molar-refractivity contribution in [2.75, 3.05) is 27.9 Å². The third-order valence-electron chi connectivity index (χ3n) is 4.61. The summed E-state index contributed by atoms with van der Waals surface area (Å²) in [7, 11) is 4.30. The van der Waals surface area contributed by atoms with E-state index >= 15 is 0 Å². The predicted molar refractivity (Wildman–Crippen MR) is 103 cm³/mol. The van der Waals surface area contributed by atoms with Gasteiger partial charge >= 0.3 is 6.18 Å². The second kappa shape index (κ2) is 8.63. The van der Waals surface area contributed by atoms with Crippen LogP contribution in [0.2, 0.25) is 0 Å². The SMILES string of the molecule is COc1ccc(C(=O)NCC(C)(C)c2cccc(C(F)(F)F)c2)c(OC)c1OC. The number of amides is 1. The summed E-state index contributed by atoms with van der Waals surface area (Å²) in [4.78, 5) is 12.7. The standard InChI is InChI=1S/C21H24F3NO4/c1-20(2,13-7-6-8-14(11-13)21(22,23)24)12-25-19(26)15-9-10-16(27-3)18(29-5)17(15)28-4/h6-11H,12H2,1-5H3,(H,25,26). The summed E-state index contributed by atoms with van der Waals surface area (Å²) in [6, 6.07) is 8.20. The highest BCUT2D eigenvalue weighted by Crippen LogP contribution is 2.39. The highest BCUT2D eigenvalue weighted by Gasteiger charge is 2.32. The van der Waals surface area contributed by atoms with E-state index in [1.807, 2.05) is 0 Å². The van der Waals surface area contributed by atoms with E-state index in [0.29, 0.717) is 11.3 Å². The average molecular weight is 411 g/mol. The number of methoxy groups -OCH3 is 3. The van der Waals surface area contributed by atoms with Crippen LogP contribution >= 0.6 is 0 Å². The minimum absolute atomic E-state index is 0.116. The Morgan fingerprint density at radius 3 is 2.10 bits per heavy atom. The summed E-state index contributed by atoms with van der Waals surface area (Å²) in [5.74, 6) is 0.453. The molecule has 0 aromatic heterocycles. The van der Waals surface area contributed by atoms with Gasteiger partial charge in [-0.15, -0.1) is 0 Å². The monoisotopic (exact) mass is 411 g/mol. The normalized spacial score (nSPS) is 11.7. The van der Waals surface area contributed by atoms with Crippen LogP contribution in [0.4, 0.5) is 13.2 Å². The molecule has 0 saturated carbocycles. The zero-order chi connectivity index (χ0) is 21.8. The van der Waals surface area contributed by atoms with E-state index in [9.17, 15) is 18.0 Å². The molecule has 8 heteroatoms. The number of carbonyl (C=O) groups excluding carboxylic acids is 1. The number of nitrogens with one attached hydrogen (secondary N) is 1. The number of ether oxygens (including phenoxy) is 3. The van der Waals surface area contributed by atoms with E-state index in [1.54, 1.807) is 26.0 Å². The first-order valence-corrected chi connectivity index (χ1v) is 8.80. The largest absolute Gasteiger partial charge is 0.493 e. The number of alkyl halides is 3. The third-order valence-corrected chi connectivity index (χ3v) is 4.61. The maximum Gasteiger partial charge on any atom is 0.416 e. The molecule has 0 aliphatic heterocycles. The van der Waals surface area contributed by atoms with E-state index in [4.69, 9.17) is 14.2 Å². The van der Waals surface area contributed by atoms with Gasteiger partial charge in [-0.05, 0) is 23.8 Å². The van der Waals surface area contributed by atoms with Crippen LogP contribution in [-0.4, -0.2) is 33.8 Å². The number of benzene rings is 2. The van der Waals surface area contributed by atoms with Crippen LogP contribution in [-0.2, 0) is 11.6 Å². The van der Waals surface area contributed by atoms with Crippen LogP contribution in [0.5, 0.6) is 17.2 Å². The molecule has 0 bridgehead atoms. The second-order valence-corrected chi connectivity index (χ2v) is 7.03. The van der Waals surface area contributed by atoms with E-state index in [2.05, 4.69) is 5.32 Å². The lowest BCUT2D eigenvalue weighted by Crippen LogP contribution is -2.37. The van der Waals surface area contributed by atoms with Gasteiger partial charge in [0.15, 0.2) is 11.5 Å². The topological polar surface area (TPSA) is 56.8 Å². The number of hydrogen-bond acceptors (Lipinski definition) is 4. The summed E-state index contributed by atoms with van der Waals surface area (Å²) in [6.45, 7) is 3.63. The maximum atomic E-state index is 13.0. The van der Waals surface area contributed by atoms with Gasteiger partial charge in [0.25, 0.3) is 5.91 Å². The van der Waals surface area contributed by atoms with Crippen molar-refractivity contribution in [3.8, 4) is 17.2 Å². The molecular formula is C21H24F3NO4. The minimum atomic E-state index is -4.43. The maximum absolute atomic E-state index is 13.0. The van der Waals surface area contributed by atoms with Gasteiger partial charge in [-0.1, -0.05) is 32.0 Å². The summed E-state index contributed by atoms with van der Waals surface area (Å²) < 4.78 is 54.8. The molecule has 0 aliphatic rings. The summed E-state index contributed by atoms with van der Waals surface area (Å²) in [5, 5.41) is 2.76. The van der Waals surface area contributed by atoms with Crippen LogP contribution < -0.4 is 19.5 Å². The van der Waals surface area contributed by atoms with Crippen molar-refractivity contribution in [3.05, 3.63) is 53.1 Å². The molecule has 0 saturated heterocycles. The Morgan fingerprint density at radius 2 is 1.55 bits per heavy atom. The molecule has 0 heterocycles. The van der Waals surface area contributed by atoms with Crippen LogP contribution in [0.1, 0.15) is 35.3 Å². The fourth-order valence-corrected chi connectivity index (χ4v) is 2.90. The first kappa shape index (κ1) is 22.4. The predicted octanol–water partition coefficient (Wildman–Crippen LogP) is 4.44. The van der Waals surface area contributed by atoms with Crippen LogP contribution in [0.3, 0.4) is 0 Å². The second-order valence-electron chi connectivity index (χ2n) is 7.03. The lowest BCUT2D eigenvalue weighted by atomic mass is 9.83. The molecule has 0 fully saturated rings. The van der Waals surface area contributed by atoms with Gasteiger partial charge in [-0.2, -0.15) is 13.2 Å². The Morgan fingerprint density at radius 1 is 0.931 bits per heavy atom. The van der Waals surface area contributed by atoms with Gasteiger partial charge in [-0.25, -0.2) is 0 Å². The molecule has 0 unspecified atom stereocenters. The fraction of sp³-hybridized carbons (Fsp3) is 0.381. The van der Waals surface area contributed by atoms with Crippen molar-refractivity contribution in [2.24, 2.45) is 0 Å². The molecular weight excluding hydrogens is 387 g/mol. The highest BCUT2D eigenvalue weighted by atomic mass is 19.4. The molecule has 0 radical (unpaired) electrons. The van der Waals surface area contributed by atoms with Crippen molar-refractivity contribution >= 4 is 5.91 Å². The molecule has 0 atom stereocenters. The van der Waals surface area contributed by atoms with Gasteiger partial charge in [-0.3, -0.25) is 4.79 Å². The van der Waals surface area contributed by atoms with Crippen molar-refractivity contribution in [2.45, 2.75) is 25.4 Å². The Kier molecular flexibility index (Phi) is 6.66. The minimum Gasteiger partial charge on any atom is -0.493 e. The smallest absolute Gasteiger partial charge is 0.416 e. The van der Waals surface area contributed by atoms with Crippen LogP contribution in [0, 0.1) is 0 Å². The first-order chi connectivity index (χ1) is 13.5. The summed E-state index contributed by atoms with van der Waals surface area (Å²) >= 11 is 0. The van der Waals surface area contributed by atoms with Crippen molar-refractivity contribution < 1.29 is 32.2 Å². The van der Waals surface area contributed by atoms with E-state index < -0.39 is 23.1 Å². The number of rotatable bonds is 7. The molecule has 0 aliphatic carbocycles. The molecule has 158 valence electrons. The van der Waals surface area contributed by atoms with Gasteiger partial charge < -0.3 is 19.5 Å². The fourth-order valence-electron chi connectivity index (χ4n) is 2.90. The molecule has 2 aromatic carbocycles. The Balaban J connectivity index is 2.24. The van der Waals surface area contributed by atoms with Crippen molar-refractivity contribution in [3.63, 3.8) is 0 Å². The lowest BCUT2D eigenvalue weighted by Gasteiger charge is -2.27. The number of carbonyl (C=O) groups is 1. The van der Waals surface area contributed by atoms with Gasteiger partial charge in [0.2, 0.25) is 5.75 Å². The summed E-state index contributed by atoms with van der Waals surface area (Å²) in [5.41, 5.74) is -0.770. The first-order valence-electron chi connectivity index (χ1n) is 8.80. The zero-order valence-electron chi connectivity index (χ0n) is 16.9. The molecule has 0 spiro atoms. The Labute approximate surface area is 167 Å². The number of halogens is 3. The zero-order valence-corrected chi connectivity index (χ0v) is 16.9. The van der Waals surface area contributed by atoms with E-state index in [1.165, 1.54) is 33.5 Å². The van der Waals surface area contributed by atoms with Crippen molar-refractivity contribution in [1.29, 1.82) is 0 Å². The Hall–Kier alpha value is -2.90. The van der Waals surface area contributed by atoms with Crippen molar-refractivity contribution in [1.82, 2.24) is 5.32 Å². The quantitative estimate of drug-likeness (QED) is 0.732. The Bertz CT molecular complexity index is 879. The molecule has 1 amide bonds. The lowest BCUT2D eigenvalue weighted by molar-refractivity contribution is -0.137. The number of hydrogen-bond donors (Lipinski definition) is 1. The van der Waals surface area contributed by atoms with Gasteiger partial charge in [0.1, 0.15) is 0 Å². The van der Waals surface area contributed by atoms with E-state index in [-0.39, 0.29) is 23.6 Å². The summed E-state index contributed by atoms with van der Waals surface area (Å²) in [6.07, 6.45) is -4.43. The molecule has 5 nitrogen and oxygen atoms in total. The van der Waals surface area contributed by atoms with E-state index in [0.717, 1.165) is 12.1 Å². The average Bonchev–Trinajstić information content (AvgIpc) is 2.70. The van der Waals surface area contributed by atoms with Gasteiger partial charge in [0.05, 0.1) is 32.5 Å². The molecule has 1 N–H and O–H groups in total. The molecule has 2 aromatic rings. The van der Waals surface area contributed by atoms with Crippen LogP contribution in [0.25, 0.3) is 0 Å². The molecule has 2 rings (SSSR count). The highest BCUT2D eigenvalue weighted by molar-refractivity contribution is 5.98. The van der Waals surface area contributed by atoms with Gasteiger partial charge in [0, 0.05) is 12.0 Å². The van der Waals surface area contributed by atoms with Crippen LogP contribution in [0.15, 0.2) is 36.4 Å².